The summed E-state index contributed by atoms with van der Waals surface area (Å²) in [5.74, 6) is 1.15. The van der Waals surface area contributed by atoms with Gasteiger partial charge in [-0.15, -0.1) is 0 Å². The Balaban J connectivity index is 2.15. The lowest BCUT2D eigenvalue weighted by Crippen LogP contribution is -2.26. The SMILES string of the molecule is CC1CCCC(C(N)c2ccc(F)cc2I)C1. The number of rotatable bonds is 2. The molecule has 94 valence electrons. The second kappa shape index (κ2) is 5.65. The summed E-state index contributed by atoms with van der Waals surface area (Å²) in [4.78, 5) is 0. The van der Waals surface area contributed by atoms with E-state index in [1.807, 2.05) is 6.07 Å². The van der Waals surface area contributed by atoms with Crippen molar-refractivity contribution in [1.29, 1.82) is 0 Å². The average Bonchev–Trinajstić information content (AvgIpc) is 2.28. The van der Waals surface area contributed by atoms with E-state index in [1.165, 1.54) is 31.7 Å². The molecule has 3 unspecified atom stereocenters. The average molecular weight is 347 g/mol. The maximum Gasteiger partial charge on any atom is 0.124 e. The Bertz CT molecular complexity index is 394. The van der Waals surface area contributed by atoms with Crippen molar-refractivity contribution in [2.45, 2.75) is 38.6 Å². The minimum atomic E-state index is -0.178. The van der Waals surface area contributed by atoms with Gasteiger partial charge in [0.2, 0.25) is 0 Å². The Hall–Kier alpha value is -0.160. The minimum Gasteiger partial charge on any atom is -0.324 e. The van der Waals surface area contributed by atoms with Crippen LogP contribution >= 0.6 is 22.6 Å². The Morgan fingerprint density at radius 2 is 2.18 bits per heavy atom. The second-order valence-electron chi connectivity index (χ2n) is 5.22. The highest BCUT2D eigenvalue weighted by Crippen LogP contribution is 2.37. The molecule has 0 aliphatic heterocycles. The predicted octanol–water partition coefficient (Wildman–Crippen LogP) is 4.26. The Morgan fingerprint density at radius 3 is 2.82 bits per heavy atom. The third-order valence-electron chi connectivity index (χ3n) is 3.81. The summed E-state index contributed by atoms with van der Waals surface area (Å²) in [6.45, 7) is 2.30. The summed E-state index contributed by atoms with van der Waals surface area (Å²) >= 11 is 2.18. The fraction of sp³-hybridized carbons (Fsp3) is 0.571. The molecule has 0 heterocycles. The van der Waals surface area contributed by atoms with Crippen LogP contribution in [-0.2, 0) is 0 Å². The van der Waals surface area contributed by atoms with Crippen LogP contribution in [0.4, 0.5) is 4.39 Å². The van der Waals surface area contributed by atoms with Crippen molar-refractivity contribution in [1.82, 2.24) is 0 Å². The first kappa shape index (κ1) is 13.3. The van der Waals surface area contributed by atoms with E-state index in [9.17, 15) is 4.39 Å². The molecule has 0 bridgehead atoms. The fourth-order valence-electron chi connectivity index (χ4n) is 2.83. The zero-order chi connectivity index (χ0) is 12.4. The molecule has 3 atom stereocenters. The van der Waals surface area contributed by atoms with Crippen LogP contribution in [0.3, 0.4) is 0 Å². The molecule has 0 saturated heterocycles. The van der Waals surface area contributed by atoms with E-state index in [4.69, 9.17) is 5.73 Å². The van der Waals surface area contributed by atoms with Crippen LogP contribution in [-0.4, -0.2) is 0 Å². The monoisotopic (exact) mass is 347 g/mol. The van der Waals surface area contributed by atoms with E-state index in [0.29, 0.717) is 5.92 Å². The molecule has 3 heteroatoms. The van der Waals surface area contributed by atoms with Gasteiger partial charge in [-0.3, -0.25) is 0 Å². The summed E-state index contributed by atoms with van der Waals surface area (Å²) in [5, 5.41) is 0. The molecule has 1 aliphatic rings. The number of hydrogen-bond acceptors (Lipinski definition) is 1. The lowest BCUT2D eigenvalue weighted by Gasteiger charge is -2.31. The van der Waals surface area contributed by atoms with Crippen molar-refractivity contribution in [3.63, 3.8) is 0 Å². The molecule has 2 N–H and O–H groups in total. The van der Waals surface area contributed by atoms with Crippen LogP contribution in [0.5, 0.6) is 0 Å². The molecule has 17 heavy (non-hydrogen) atoms. The fourth-order valence-corrected chi connectivity index (χ4v) is 3.67. The molecule has 1 nitrogen and oxygen atoms in total. The number of hydrogen-bond donors (Lipinski definition) is 1. The van der Waals surface area contributed by atoms with Crippen molar-refractivity contribution >= 4 is 22.6 Å². The first-order valence-corrected chi connectivity index (χ1v) is 7.36. The van der Waals surface area contributed by atoms with Gasteiger partial charge in [0, 0.05) is 9.61 Å². The summed E-state index contributed by atoms with van der Waals surface area (Å²) in [6, 6.07) is 5.00. The topological polar surface area (TPSA) is 26.0 Å². The predicted molar refractivity (Wildman–Crippen MR) is 77.2 cm³/mol. The first-order chi connectivity index (χ1) is 8.08. The van der Waals surface area contributed by atoms with Crippen LogP contribution in [0.2, 0.25) is 0 Å². The van der Waals surface area contributed by atoms with Crippen molar-refractivity contribution < 1.29 is 4.39 Å². The third kappa shape index (κ3) is 3.19. The molecule has 1 aromatic rings. The molecule has 2 rings (SSSR count). The zero-order valence-corrected chi connectivity index (χ0v) is 12.3. The molecule has 0 aromatic heterocycles. The molecular weight excluding hydrogens is 328 g/mol. The third-order valence-corrected chi connectivity index (χ3v) is 4.74. The normalized spacial score (nSPS) is 26.8. The zero-order valence-electron chi connectivity index (χ0n) is 10.1. The van der Waals surface area contributed by atoms with Crippen LogP contribution in [0.25, 0.3) is 0 Å². The molecule has 1 saturated carbocycles. The van der Waals surface area contributed by atoms with Gasteiger partial charge in [-0.2, -0.15) is 0 Å². The molecular formula is C14H19FIN. The minimum absolute atomic E-state index is 0.0604. The second-order valence-corrected chi connectivity index (χ2v) is 6.39. The quantitative estimate of drug-likeness (QED) is 0.795. The summed E-state index contributed by atoms with van der Waals surface area (Å²) in [6.07, 6.45) is 5.01. The highest BCUT2D eigenvalue weighted by molar-refractivity contribution is 14.1. The summed E-state index contributed by atoms with van der Waals surface area (Å²) in [7, 11) is 0. The van der Waals surface area contributed by atoms with Gasteiger partial charge < -0.3 is 5.73 Å². The van der Waals surface area contributed by atoms with Crippen molar-refractivity contribution in [2.75, 3.05) is 0 Å². The lowest BCUT2D eigenvalue weighted by atomic mass is 9.77. The summed E-state index contributed by atoms with van der Waals surface area (Å²) < 4.78 is 14.0. The smallest absolute Gasteiger partial charge is 0.124 e. The molecule has 0 amide bonds. The lowest BCUT2D eigenvalue weighted by molar-refractivity contribution is 0.247. The van der Waals surface area contributed by atoms with E-state index < -0.39 is 0 Å². The van der Waals surface area contributed by atoms with E-state index in [2.05, 4.69) is 29.5 Å². The van der Waals surface area contributed by atoms with Gasteiger partial charge in [-0.25, -0.2) is 4.39 Å². The van der Waals surface area contributed by atoms with Crippen molar-refractivity contribution in [3.8, 4) is 0 Å². The van der Waals surface area contributed by atoms with Gasteiger partial charge in [0.25, 0.3) is 0 Å². The maximum absolute atomic E-state index is 13.1. The number of benzene rings is 1. The van der Waals surface area contributed by atoms with Crippen LogP contribution in [0.1, 0.15) is 44.2 Å². The number of halogens is 2. The van der Waals surface area contributed by atoms with Crippen molar-refractivity contribution in [3.05, 3.63) is 33.1 Å². The van der Waals surface area contributed by atoms with Crippen LogP contribution in [0.15, 0.2) is 18.2 Å². The van der Waals surface area contributed by atoms with Gasteiger partial charge >= 0.3 is 0 Å². The Labute approximate surface area is 116 Å². The molecule has 1 fully saturated rings. The van der Waals surface area contributed by atoms with Crippen LogP contribution < -0.4 is 5.73 Å². The van der Waals surface area contributed by atoms with Crippen LogP contribution in [0, 0.1) is 21.2 Å². The van der Waals surface area contributed by atoms with E-state index >= 15 is 0 Å². The standard InChI is InChI=1S/C14H19FIN/c1-9-3-2-4-10(7-9)14(17)12-6-5-11(15)8-13(12)16/h5-6,8-10,14H,2-4,7,17H2,1H3. The first-order valence-electron chi connectivity index (χ1n) is 6.28. The Kier molecular flexibility index (Phi) is 4.42. The molecule has 1 aromatic carbocycles. The molecule has 0 radical (unpaired) electrons. The van der Waals surface area contributed by atoms with E-state index in [1.54, 1.807) is 6.07 Å². The summed E-state index contributed by atoms with van der Waals surface area (Å²) in [5.41, 5.74) is 7.46. The molecule has 1 aliphatic carbocycles. The number of nitrogens with two attached hydrogens (primary N) is 1. The van der Waals surface area contributed by atoms with Crippen molar-refractivity contribution in [2.24, 2.45) is 17.6 Å². The highest BCUT2D eigenvalue weighted by Gasteiger charge is 2.26. The maximum atomic E-state index is 13.1. The Morgan fingerprint density at radius 1 is 1.41 bits per heavy atom. The van der Waals surface area contributed by atoms with Gasteiger partial charge in [-0.1, -0.05) is 25.8 Å². The van der Waals surface area contributed by atoms with E-state index in [-0.39, 0.29) is 11.9 Å². The van der Waals surface area contributed by atoms with E-state index in [0.717, 1.165) is 15.1 Å². The highest BCUT2D eigenvalue weighted by atomic mass is 127. The van der Waals surface area contributed by atoms with Gasteiger partial charge in [0.15, 0.2) is 0 Å². The largest absolute Gasteiger partial charge is 0.324 e. The van der Waals surface area contributed by atoms with Gasteiger partial charge in [0.1, 0.15) is 5.82 Å². The van der Waals surface area contributed by atoms with Gasteiger partial charge in [-0.05, 0) is 65.0 Å². The van der Waals surface area contributed by atoms with Gasteiger partial charge in [0.05, 0.1) is 0 Å². The molecule has 0 spiro atoms.